The molecule has 3 rings (SSSR count). The molecule has 2 aliphatic rings. The Bertz CT molecular complexity index is 641. The van der Waals surface area contributed by atoms with E-state index in [2.05, 4.69) is 54.4 Å². The van der Waals surface area contributed by atoms with Crippen LogP contribution in [0, 0.1) is 0 Å². The highest BCUT2D eigenvalue weighted by molar-refractivity contribution is 14.0. The molecule has 2 atom stereocenters. The van der Waals surface area contributed by atoms with Crippen molar-refractivity contribution in [1.29, 1.82) is 0 Å². The fourth-order valence-electron chi connectivity index (χ4n) is 3.93. The van der Waals surface area contributed by atoms with Crippen LogP contribution in [0.15, 0.2) is 35.3 Å². The fraction of sp³-hybridized carbons (Fsp3) is 0.636. The molecule has 0 spiro atoms. The van der Waals surface area contributed by atoms with E-state index in [0.29, 0.717) is 12.5 Å². The summed E-state index contributed by atoms with van der Waals surface area (Å²) in [5.41, 5.74) is 1.34. The molecule has 1 aromatic carbocycles. The molecule has 6 nitrogen and oxygen atoms in total. The number of carbonyl (C=O) groups excluding carboxylic acids is 1. The van der Waals surface area contributed by atoms with Gasteiger partial charge in [0.1, 0.15) is 6.10 Å². The maximum absolute atomic E-state index is 12.5. The maximum Gasteiger partial charge on any atom is 0.251 e. The zero-order chi connectivity index (χ0) is 19.8. The van der Waals surface area contributed by atoms with Crippen molar-refractivity contribution >= 4 is 35.8 Å². The molecule has 2 aliphatic heterocycles. The quantitative estimate of drug-likeness (QED) is 0.360. The van der Waals surface area contributed by atoms with Crippen molar-refractivity contribution in [2.24, 2.45) is 4.99 Å². The van der Waals surface area contributed by atoms with E-state index >= 15 is 0 Å². The summed E-state index contributed by atoms with van der Waals surface area (Å²) in [6.07, 6.45) is 2.70. The number of piperazine rings is 1. The van der Waals surface area contributed by atoms with E-state index in [4.69, 9.17) is 9.73 Å². The monoisotopic (exact) mass is 514 g/mol. The molecule has 0 aromatic heterocycles. The van der Waals surface area contributed by atoms with E-state index in [1.807, 2.05) is 4.90 Å². The van der Waals surface area contributed by atoms with Gasteiger partial charge in [-0.3, -0.25) is 9.79 Å². The minimum absolute atomic E-state index is 0. The summed E-state index contributed by atoms with van der Waals surface area (Å²) in [6.45, 7) is 9.75. The predicted octanol–water partition coefficient (Wildman–Crippen LogP) is 3.09. The van der Waals surface area contributed by atoms with Crippen molar-refractivity contribution in [2.45, 2.75) is 45.1 Å². The second-order valence-corrected chi connectivity index (χ2v) is 7.52. The lowest BCUT2D eigenvalue weighted by atomic mass is 9.97. The fourth-order valence-corrected chi connectivity index (χ4v) is 3.93. The van der Waals surface area contributed by atoms with Gasteiger partial charge in [-0.2, -0.15) is 0 Å². The van der Waals surface area contributed by atoms with Crippen molar-refractivity contribution in [2.75, 3.05) is 45.9 Å². The van der Waals surface area contributed by atoms with E-state index in [1.165, 1.54) is 5.56 Å². The van der Waals surface area contributed by atoms with Crippen LogP contribution in [0.2, 0.25) is 0 Å². The molecule has 0 aliphatic carbocycles. The Kier molecular flexibility index (Phi) is 10.2. The van der Waals surface area contributed by atoms with Crippen LogP contribution in [0.5, 0.6) is 0 Å². The van der Waals surface area contributed by atoms with Crippen molar-refractivity contribution in [3.8, 4) is 0 Å². The normalized spacial score (nSPS) is 20.9. The number of ether oxygens (including phenoxy) is 1. The van der Waals surface area contributed by atoms with Gasteiger partial charge in [0, 0.05) is 51.8 Å². The predicted molar refractivity (Wildman–Crippen MR) is 128 cm³/mol. The zero-order valence-electron chi connectivity index (χ0n) is 17.7. The SMILES string of the molecule is CCNC(=NCC(CC)c1ccccc1)N1CCN(C(=O)C2CCCO2)CC1.I. The van der Waals surface area contributed by atoms with Gasteiger partial charge in [0.2, 0.25) is 0 Å². The summed E-state index contributed by atoms with van der Waals surface area (Å²) in [5, 5.41) is 3.43. The van der Waals surface area contributed by atoms with Gasteiger partial charge >= 0.3 is 0 Å². The van der Waals surface area contributed by atoms with Crippen LogP contribution in [0.25, 0.3) is 0 Å². The molecule has 0 saturated carbocycles. The van der Waals surface area contributed by atoms with Crippen LogP contribution in [0.3, 0.4) is 0 Å². The summed E-state index contributed by atoms with van der Waals surface area (Å²) in [6, 6.07) is 10.6. The molecule has 1 aromatic rings. The Morgan fingerprint density at radius 1 is 1.17 bits per heavy atom. The Morgan fingerprint density at radius 3 is 2.45 bits per heavy atom. The molecule has 2 unspecified atom stereocenters. The molecule has 0 radical (unpaired) electrons. The lowest BCUT2D eigenvalue weighted by Gasteiger charge is -2.37. The Morgan fingerprint density at radius 2 is 1.86 bits per heavy atom. The molecule has 29 heavy (non-hydrogen) atoms. The Hall–Kier alpha value is -1.35. The molecule has 7 heteroatoms. The zero-order valence-corrected chi connectivity index (χ0v) is 20.0. The van der Waals surface area contributed by atoms with Crippen molar-refractivity contribution in [3.05, 3.63) is 35.9 Å². The standard InChI is InChI=1S/C22H34N4O2.HI/c1-3-18(19-9-6-5-7-10-19)17-24-22(23-4-2)26-14-12-25(13-15-26)21(27)20-11-8-16-28-20;/h5-7,9-10,18,20H,3-4,8,11-17H2,1-2H3,(H,23,24);1H. The first-order valence-electron chi connectivity index (χ1n) is 10.7. The Labute approximate surface area is 192 Å². The number of nitrogens with zero attached hydrogens (tertiary/aromatic N) is 3. The molecule has 1 N–H and O–H groups in total. The molecule has 2 saturated heterocycles. The van der Waals surface area contributed by atoms with Gasteiger partial charge in [-0.05, 0) is 31.7 Å². The van der Waals surface area contributed by atoms with Gasteiger partial charge in [-0.1, -0.05) is 37.3 Å². The highest BCUT2D eigenvalue weighted by atomic mass is 127. The molecule has 0 bridgehead atoms. The van der Waals surface area contributed by atoms with Crippen molar-refractivity contribution < 1.29 is 9.53 Å². The van der Waals surface area contributed by atoms with Crippen LogP contribution in [0.4, 0.5) is 0 Å². The topological polar surface area (TPSA) is 57.2 Å². The van der Waals surface area contributed by atoms with Crippen LogP contribution < -0.4 is 5.32 Å². The summed E-state index contributed by atoms with van der Waals surface area (Å²) in [7, 11) is 0. The van der Waals surface area contributed by atoms with Crippen LogP contribution >= 0.6 is 24.0 Å². The highest BCUT2D eigenvalue weighted by Gasteiger charge is 2.30. The minimum atomic E-state index is -0.218. The molecule has 1 amide bonds. The number of rotatable bonds is 6. The highest BCUT2D eigenvalue weighted by Crippen LogP contribution is 2.20. The van der Waals surface area contributed by atoms with E-state index < -0.39 is 0 Å². The Balaban J connectivity index is 0.00000300. The number of nitrogens with one attached hydrogen (secondary N) is 1. The largest absolute Gasteiger partial charge is 0.368 e. The number of aliphatic imine (C=N–C) groups is 1. The minimum Gasteiger partial charge on any atom is -0.368 e. The molecule has 2 heterocycles. The average Bonchev–Trinajstić information content (AvgIpc) is 3.29. The van der Waals surface area contributed by atoms with E-state index in [1.54, 1.807) is 0 Å². The smallest absolute Gasteiger partial charge is 0.251 e. The molecular weight excluding hydrogens is 479 g/mol. The molecule has 162 valence electrons. The van der Waals surface area contributed by atoms with Crippen LogP contribution in [-0.2, 0) is 9.53 Å². The lowest BCUT2D eigenvalue weighted by Crippen LogP contribution is -2.55. The van der Waals surface area contributed by atoms with Gasteiger partial charge in [0.25, 0.3) is 5.91 Å². The van der Waals surface area contributed by atoms with Gasteiger partial charge in [0.05, 0.1) is 0 Å². The number of carbonyl (C=O) groups is 1. The van der Waals surface area contributed by atoms with Gasteiger partial charge < -0.3 is 19.9 Å². The molecule has 2 fully saturated rings. The number of amides is 1. The third-order valence-corrected chi connectivity index (χ3v) is 5.66. The van der Waals surface area contributed by atoms with Gasteiger partial charge in [0.15, 0.2) is 5.96 Å². The number of hydrogen-bond donors (Lipinski definition) is 1. The van der Waals surface area contributed by atoms with Crippen LogP contribution in [-0.4, -0.2) is 73.6 Å². The number of guanidine groups is 1. The second-order valence-electron chi connectivity index (χ2n) is 7.52. The first kappa shape index (κ1) is 23.9. The van der Waals surface area contributed by atoms with Gasteiger partial charge in [-0.25, -0.2) is 0 Å². The number of halogens is 1. The van der Waals surface area contributed by atoms with Crippen LogP contribution in [0.1, 0.15) is 44.6 Å². The summed E-state index contributed by atoms with van der Waals surface area (Å²) in [5.74, 6) is 1.55. The maximum atomic E-state index is 12.5. The first-order valence-corrected chi connectivity index (χ1v) is 10.7. The van der Waals surface area contributed by atoms with E-state index in [9.17, 15) is 4.79 Å². The lowest BCUT2D eigenvalue weighted by molar-refractivity contribution is -0.142. The van der Waals surface area contributed by atoms with Crippen molar-refractivity contribution in [1.82, 2.24) is 15.1 Å². The second kappa shape index (κ2) is 12.4. The first-order chi connectivity index (χ1) is 13.7. The third-order valence-electron chi connectivity index (χ3n) is 5.66. The summed E-state index contributed by atoms with van der Waals surface area (Å²) >= 11 is 0. The van der Waals surface area contributed by atoms with Crippen molar-refractivity contribution in [3.63, 3.8) is 0 Å². The van der Waals surface area contributed by atoms with E-state index in [0.717, 1.165) is 64.5 Å². The number of benzene rings is 1. The summed E-state index contributed by atoms with van der Waals surface area (Å²) < 4.78 is 5.56. The average molecular weight is 514 g/mol. The summed E-state index contributed by atoms with van der Waals surface area (Å²) in [4.78, 5) is 21.7. The molecular formula is C22H35IN4O2. The van der Waals surface area contributed by atoms with Gasteiger partial charge in [-0.15, -0.1) is 24.0 Å². The number of hydrogen-bond acceptors (Lipinski definition) is 3. The van der Waals surface area contributed by atoms with E-state index in [-0.39, 0.29) is 36.0 Å². The third kappa shape index (κ3) is 6.57.